The van der Waals surface area contributed by atoms with Gasteiger partial charge in [0, 0.05) is 34.7 Å². The first kappa shape index (κ1) is 17.9. The first-order chi connectivity index (χ1) is 14.1. The first-order valence-electron chi connectivity index (χ1n) is 9.39. The van der Waals surface area contributed by atoms with E-state index in [2.05, 4.69) is 28.9 Å². The lowest BCUT2D eigenvalue weighted by Gasteiger charge is -2.10. The van der Waals surface area contributed by atoms with Crippen molar-refractivity contribution in [2.75, 3.05) is 6.61 Å². The summed E-state index contributed by atoms with van der Waals surface area (Å²) in [4.78, 5) is 14.2. The van der Waals surface area contributed by atoms with Crippen LogP contribution in [0.1, 0.15) is 24.8 Å². The third kappa shape index (κ3) is 3.19. The highest BCUT2D eigenvalue weighted by Gasteiger charge is 2.23. The number of ether oxygens (including phenoxy) is 1. The number of hydrogen-bond acceptors (Lipinski definition) is 6. The average molecular weight is 407 g/mol. The number of thiazole rings is 1. The quantitative estimate of drug-likeness (QED) is 0.457. The van der Waals surface area contributed by atoms with Gasteiger partial charge >= 0.3 is 0 Å². The van der Waals surface area contributed by atoms with Crippen molar-refractivity contribution in [2.45, 2.75) is 26.3 Å². The van der Waals surface area contributed by atoms with Gasteiger partial charge in [-0.2, -0.15) is 9.49 Å². The second-order valence-electron chi connectivity index (χ2n) is 7.09. The molecule has 0 atom stereocenters. The molecule has 6 nitrogen and oxygen atoms in total. The van der Waals surface area contributed by atoms with Crippen molar-refractivity contribution in [1.82, 2.24) is 24.7 Å². The molecule has 1 aliphatic heterocycles. The summed E-state index contributed by atoms with van der Waals surface area (Å²) in [5.74, 6) is 1.07. The zero-order valence-electron chi connectivity index (χ0n) is 16.0. The fourth-order valence-electron chi connectivity index (χ4n) is 3.43. The van der Waals surface area contributed by atoms with Crippen LogP contribution in [0.15, 0.2) is 42.9 Å². The van der Waals surface area contributed by atoms with Crippen LogP contribution >= 0.6 is 11.3 Å². The summed E-state index contributed by atoms with van der Waals surface area (Å²) in [5.41, 5.74) is 3.65. The topological polar surface area (TPSA) is 65.7 Å². The molecule has 4 heterocycles. The Balaban J connectivity index is 1.58. The van der Waals surface area contributed by atoms with Crippen molar-refractivity contribution < 1.29 is 9.13 Å². The standard InChI is InChI=1S/C21H18FN5OS/c1-12(2)27-20(24-11-25-27)21-26-19-15-5-3-13(14-4-6-18(22)23-10-14)9-16(15)28-8-7-17(19)29-21/h3-6,9-12H,7-8H2,1-2H3. The van der Waals surface area contributed by atoms with Crippen molar-refractivity contribution in [1.29, 1.82) is 0 Å². The molecule has 4 aromatic rings. The highest BCUT2D eigenvalue weighted by molar-refractivity contribution is 7.15. The number of benzene rings is 1. The number of hydrogen-bond donors (Lipinski definition) is 0. The molecule has 3 aromatic heterocycles. The van der Waals surface area contributed by atoms with E-state index in [9.17, 15) is 4.39 Å². The van der Waals surface area contributed by atoms with Gasteiger partial charge in [0.05, 0.1) is 12.3 Å². The van der Waals surface area contributed by atoms with E-state index in [0.717, 1.165) is 45.4 Å². The minimum Gasteiger partial charge on any atom is -0.492 e. The maximum absolute atomic E-state index is 13.1. The maximum Gasteiger partial charge on any atom is 0.212 e. The third-order valence-corrected chi connectivity index (χ3v) is 5.95. The van der Waals surface area contributed by atoms with Crippen LogP contribution in [0.5, 0.6) is 5.75 Å². The molecule has 0 saturated heterocycles. The molecule has 0 amide bonds. The van der Waals surface area contributed by atoms with Gasteiger partial charge in [0.25, 0.3) is 0 Å². The number of aromatic nitrogens is 5. The lowest BCUT2D eigenvalue weighted by molar-refractivity contribution is 0.327. The number of pyridine rings is 1. The summed E-state index contributed by atoms with van der Waals surface area (Å²) < 4.78 is 21.0. The Bertz CT molecular complexity index is 1180. The van der Waals surface area contributed by atoms with E-state index in [4.69, 9.17) is 9.72 Å². The van der Waals surface area contributed by atoms with Gasteiger partial charge in [-0.25, -0.2) is 19.6 Å². The lowest BCUT2D eigenvalue weighted by atomic mass is 10.0. The predicted octanol–water partition coefficient (Wildman–Crippen LogP) is 4.79. The van der Waals surface area contributed by atoms with Gasteiger partial charge < -0.3 is 4.74 Å². The zero-order valence-corrected chi connectivity index (χ0v) is 16.8. The molecular formula is C21H18FN5OS. The van der Waals surface area contributed by atoms with E-state index in [1.54, 1.807) is 23.7 Å². The van der Waals surface area contributed by atoms with Gasteiger partial charge in [0.2, 0.25) is 5.95 Å². The van der Waals surface area contributed by atoms with E-state index in [-0.39, 0.29) is 6.04 Å². The van der Waals surface area contributed by atoms with Gasteiger partial charge in [-0.05, 0) is 43.7 Å². The van der Waals surface area contributed by atoms with Crippen LogP contribution in [0.25, 0.3) is 33.2 Å². The Kier molecular flexibility index (Phi) is 4.35. The van der Waals surface area contributed by atoms with Gasteiger partial charge in [0.15, 0.2) is 10.8 Å². The Morgan fingerprint density at radius 2 is 2.00 bits per heavy atom. The van der Waals surface area contributed by atoms with Crippen LogP contribution in [0.3, 0.4) is 0 Å². The average Bonchev–Trinajstić information content (AvgIpc) is 3.33. The molecule has 29 heavy (non-hydrogen) atoms. The summed E-state index contributed by atoms with van der Waals surface area (Å²) in [7, 11) is 0. The second-order valence-corrected chi connectivity index (χ2v) is 8.18. The van der Waals surface area contributed by atoms with E-state index >= 15 is 0 Å². The van der Waals surface area contributed by atoms with Gasteiger partial charge in [-0.1, -0.05) is 6.07 Å². The van der Waals surface area contributed by atoms with E-state index < -0.39 is 5.95 Å². The van der Waals surface area contributed by atoms with Crippen LogP contribution in [0.2, 0.25) is 0 Å². The molecular weight excluding hydrogens is 389 g/mol. The van der Waals surface area contributed by atoms with Crippen molar-refractivity contribution in [3.05, 3.63) is 53.7 Å². The normalized spacial score (nSPS) is 13.0. The Morgan fingerprint density at radius 1 is 1.14 bits per heavy atom. The summed E-state index contributed by atoms with van der Waals surface area (Å²) in [5, 5.41) is 5.19. The fraction of sp³-hybridized carbons (Fsp3) is 0.238. The largest absolute Gasteiger partial charge is 0.492 e. The smallest absolute Gasteiger partial charge is 0.212 e. The monoisotopic (exact) mass is 407 g/mol. The molecule has 146 valence electrons. The second kappa shape index (κ2) is 7.04. The molecule has 0 saturated carbocycles. The molecule has 0 fully saturated rings. The summed E-state index contributed by atoms with van der Waals surface area (Å²) in [6, 6.07) is 9.24. The third-order valence-electron chi connectivity index (χ3n) is 4.83. The van der Waals surface area contributed by atoms with Crippen molar-refractivity contribution in [3.63, 3.8) is 0 Å². The minimum absolute atomic E-state index is 0.207. The van der Waals surface area contributed by atoms with E-state index in [1.807, 2.05) is 22.9 Å². The summed E-state index contributed by atoms with van der Waals surface area (Å²) >= 11 is 1.64. The predicted molar refractivity (Wildman–Crippen MR) is 109 cm³/mol. The molecule has 1 aromatic carbocycles. The van der Waals surface area contributed by atoms with Gasteiger partial charge in [0.1, 0.15) is 12.1 Å². The molecule has 0 N–H and O–H groups in total. The Morgan fingerprint density at radius 3 is 2.79 bits per heavy atom. The molecule has 0 spiro atoms. The molecule has 5 rings (SSSR count). The SMILES string of the molecule is CC(C)n1ncnc1-c1nc2c(s1)CCOc1cc(-c3ccc(F)nc3)ccc1-2. The van der Waals surface area contributed by atoms with Crippen LogP contribution in [-0.4, -0.2) is 31.3 Å². The summed E-state index contributed by atoms with van der Waals surface area (Å²) in [6.07, 6.45) is 3.88. The molecule has 0 unspecified atom stereocenters. The summed E-state index contributed by atoms with van der Waals surface area (Å²) in [6.45, 7) is 4.72. The molecule has 8 heteroatoms. The maximum atomic E-state index is 13.1. The van der Waals surface area contributed by atoms with Crippen molar-refractivity contribution in [3.8, 4) is 39.0 Å². The van der Waals surface area contributed by atoms with Crippen LogP contribution < -0.4 is 4.74 Å². The Hall–Kier alpha value is -3.13. The van der Waals surface area contributed by atoms with Crippen molar-refractivity contribution in [2.24, 2.45) is 0 Å². The number of rotatable bonds is 3. The molecule has 0 bridgehead atoms. The minimum atomic E-state index is -0.492. The molecule has 0 aliphatic carbocycles. The number of halogens is 1. The van der Waals surface area contributed by atoms with Crippen LogP contribution in [0.4, 0.5) is 4.39 Å². The van der Waals surface area contributed by atoms with E-state index in [1.165, 1.54) is 17.1 Å². The van der Waals surface area contributed by atoms with Gasteiger partial charge in [-0.3, -0.25) is 0 Å². The van der Waals surface area contributed by atoms with Gasteiger partial charge in [-0.15, -0.1) is 11.3 Å². The number of nitrogens with zero attached hydrogens (tertiary/aromatic N) is 5. The highest BCUT2D eigenvalue weighted by Crippen LogP contribution is 2.41. The first-order valence-corrected chi connectivity index (χ1v) is 10.2. The highest BCUT2D eigenvalue weighted by atomic mass is 32.1. The lowest BCUT2D eigenvalue weighted by Crippen LogP contribution is -2.04. The van der Waals surface area contributed by atoms with Crippen molar-refractivity contribution >= 4 is 11.3 Å². The zero-order chi connectivity index (χ0) is 20.0. The van der Waals surface area contributed by atoms with Crippen LogP contribution in [0, 0.1) is 5.95 Å². The van der Waals surface area contributed by atoms with Crippen LogP contribution in [-0.2, 0) is 6.42 Å². The van der Waals surface area contributed by atoms with E-state index in [0.29, 0.717) is 6.61 Å². The number of fused-ring (bicyclic) bond motifs is 3. The molecule has 1 aliphatic rings. The molecule has 0 radical (unpaired) electrons. The Labute approximate surface area is 171 Å². The fourth-order valence-corrected chi connectivity index (χ4v) is 4.47.